The van der Waals surface area contributed by atoms with Gasteiger partial charge in [-0.25, -0.2) is 0 Å². The highest BCUT2D eigenvalue weighted by Crippen LogP contribution is 2.29. The van der Waals surface area contributed by atoms with E-state index in [1.165, 1.54) is 10.7 Å². The van der Waals surface area contributed by atoms with Gasteiger partial charge in [0, 0.05) is 23.0 Å². The summed E-state index contributed by atoms with van der Waals surface area (Å²) < 4.78 is 12.7. The normalized spacial score (nSPS) is 17.5. The zero-order chi connectivity index (χ0) is 25.4. The molecule has 1 aliphatic carbocycles. The molecule has 0 unspecified atom stereocenters. The number of ether oxygens (including phenoxy) is 1. The van der Waals surface area contributed by atoms with Crippen molar-refractivity contribution in [3.8, 4) is 17.4 Å². The van der Waals surface area contributed by atoms with E-state index in [4.69, 9.17) is 9.26 Å². The van der Waals surface area contributed by atoms with Crippen LogP contribution in [0.5, 0.6) is 5.88 Å². The standard InChI is InChI=1S/C25H23N7O5/c33-12-16-10-20(31-37-16)23-29-28-22-17-4-1-2-5-18(17)25(30-32(22)23)36-13-15-9-8-14(11-26-15)24(35)27-19-6-3-7-21(19)34/h1-2,4-5,8-11,19,21,33-34H,3,6-7,12-13H2,(H,27,35)/t19-,21-/m0/s1. The van der Waals surface area contributed by atoms with E-state index in [0.29, 0.717) is 46.5 Å². The molecule has 0 saturated heterocycles. The molecule has 5 aromatic rings. The minimum absolute atomic E-state index is 0.113. The van der Waals surface area contributed by atoms with E-state index in [1.54, 1.807) is 18.2 Å². The van der Waals surface area contributed by atoms with Crippen LogP contribution in [0.2, 0.25) is 0 Å². The van der Waals surface area contributed by atoms with Gasteiger partial charge >= 0.3 is 0 Å². The summed E-state index contributed by atoms with van der Waals surface area (Å²) in [7, 11) is 0. The molecule has 1 aromatic carbocycles. The second-order valence-electron chi connectivity index (χ2n) is 8.85. The second kappa shape index (κ2) is 9.56. The molecular weight excluding hydrogens is 478 g/mol. The fraction of sp³-hybridized carbons (Fsp3) is 0.280. The van der Waals surface area contributed by atoms with Gasteiger partial charge in [0.05, 0.1) is 23.4 Å². The lowest BCUT2D eigenvalue weighted by molar-refractivity contribution is 0.0873. The first-order valence-corrected chi connectivity index (χ1v) is 11.9. The Bertz CT molecular complexity index is 1580. The van der Waals surface area contributed by atoms with Gasteiger partial charge in [0.1, 0.15) is 13.2 Å². The second-order valence-corrected chi connectivity index (χ2v) is 8.85. The smallest absolute Gasteiger partial charge is 0.253 e. The van der Waals surface area contributed by atoms with Crippen molar-refractivity contribution in [2.75, 3.05) is 0 Å². The minimum Gasteiger partial charge on any atom is -0.470 e. The Morgan fingerprint density at radius 3 is 2.76 bits per heavy atom. The maximum atomic E-state index is 12.5. The molecule has 37 heavy (non-hydrogen) atoms. The van der Waals surface area contributed by atoms with Gasteiger partial charge < -0.3 is 24.8 Å². The van der Waals surface area contributed by atoms with Crippen molar-refractivity contribution in [1.82, 2.24) is 35.3 Å². The average molecular weight is 502 g/mol. The van der Waals surface area contributed by atoms with Crippen LogP contribution in [-0.4, -0.2) is 58.2 Å². The minimum atomic E-state index is -0.503. The zero-order valence-electron chi connectivity index (χ0n) is 19.6. The van der Waals surface area contributed by atoms with Crippen LogP contribution in [0.25, 0.3) is 27.9 Å². The Kier molecular flexibility index (Phi) is 5.94. The first kappa shape index (κ1) is 23.0. The van der Waals surface area contributed by atoms with Crippen molar-refractivity contribution in [2.24, 2.45) is 0 Å². The summed E-state index contributed by atoms with van der Waals surface area (Å²) in [6.45, 7) is -0.174. The quantitative estimate of drug-likeness (QED) is 0.301. The lowest BCUT2D eigenvalue weighted by atomic mass is 10.2. The highest BCUT2D eigenvalue weighted by atomic mass is 16.5. The molecule has 0 bridgehead atoms. The molecular formula is C25H23N7O5. The van der Waals surface area contributed by atoms with Crippen LogP contribution in [0.1, 0.15) is 41.1 Å². The lowest BCUT2D eigenvalue weighted by Gasteiger charge is -2.16. The van der Waals surface area contributed by atoms with Crippen LogP contribution in [0.4, 0.5) is 0 Å². The largest absolute Gasteiger partial charge is 0.470 e. The summed E-state index contributed by atoms with van der Waals surface area (Å²) in [6, 6.07) is 12.3. The molecule has 1 saturated carbocycles. The van der Waals surface area contributed by atoms with E-state index >= 15 is 0 Å². The molecule has 6 rings (SSSR count). The van der Waals surface area contributed by atoms with Crippen LogP contribution >= 0.6 is 0 Å². The van der Waals surface area contributed by atoms with Crippen molar-refractivity contribution in [2.45, 2.75) is 44.6 Å². The van der Waals surface area contributed by atoms with Gasteiger partial charge in [0.25, 0.3) is 5.91 Å². The van der Waals surface area contributed by atoms with Gasteiger partial charge in [-0.15, -0.1) is 15.3 Å². The molecule has 1 aliphatic rings. The number of aliphatic hydroxyl groups is 2. The Hall–Kier alpha value is -4.42. The SMILES string of the molecule is O=C(N[C@H]1CCC[C@@H]1O)c1ccc(COc2nn3c(-c4cc(CO)on4)nnc3c3ccccc23)nc1. The number of rotatable bonds is 7. The van der Waals surface area contributed by atoms with Gasteiger partial charge in [0.2, 0.25) is 11.7 Å². The third kappa shape index (κ3) is 4.36. The van der Waals surface area contributed by atoms with Crippen molar-refractivity contribution < 1.29 is 24.3 Å². The Balaban J connectivity index is 1.25. The number of hydrogen-bond donors (Lipinski definition) is 3. The number of carbonyl (C=O) groups is 1. The monoisotopic (exact) mass is 501 g/mol. The van der Waals surface area contributed by atoms with Gasteiger partial charge in [-0.2, -0.15) is 4.52 Å². The third-order valence-electron chi connectivity index (χ3n) is 6.41. The van der Waals surface area contributed by atoms with Crippen molar-refractivity contribution in [1.29, 1.82) is 0 Å². The zero-order valence-corrected chi connectivity index (χ0v) is 19.6. The molecule has 188 valence electrons. The Labute approximate surface area is 209 Å². The molecule has 4 heterocycles. The molecule has 0 spiro atoms. The van der Waals surface area contributed by atoms with E-state index in [0.717, 1.165) is 23.6 Å². The number of hydrogen-bond acceptors (Lipinski definition) is 10. The number of nitrogens with zero attached hydrogens (tertiary/aromatic N) is 6. The molecule has 1 amide bonds. The van der Waals surface area contributed by atoms with E-state index in [-0.39, 0.29) is 25.2 Å². The van der Waals surface area contributed by atoms with Crippen molar-refractivity contribution in [3.63, 3.8) is 0 Å². The molecule has 1 fully saturated rings. The number of amides is 1. The summed E-state index contributed by atoms with van der Waals surface area (Å²) in [4.78, 5) is 16.9. The number of aliphatic hydroxyl groups excluding tert-OH is 2. The van der Waals surface area contributed by atoms with Crippen LogP contribution < -0.4 is 10.1 Å². The van der Waals surface area contributed by atoms with E-state index in [1.807, 2.05) is 24.3 Å². The molecule has 0 aliphatic heterocycles. The summed E-state index contributed by atoms with van der Waals surface area (Å²) in [6.07, 6.45) is 3.36. The van der Waals surface area contributed by atoms with E-state index in [9.17, 15) is 15.0 Å². The molecule has 2 atom stereocenters. The number of benzene rings is 1. The Morgan fingerprint density at radius 2 is 2.03 bits per heavy atom. The number of carbonyl (C=O) groups excluding carboxylic acids is 1. The highest BCUT2D eigenvalue weighted by Gasteiger charge is 2.27. The maximum Gasteiger partial charge on any atom is 0.253 e. The summed E-state index contributed by atoms with van der Waals surface area (Å²) in [5, 5.41) is 40.7. The number of pyridine rings is 1. The molecule has 12 heteroatoms. The first-order chi connectivity index (χ1) is 18.1. The van der Waals surface area contributed by atoms with Gasteiger partial charge in [0.15, 0.2) is 17.1 Å². The first-order valence-electron chi connectivity index (χ1n) is 11.9. The molecule has 0 radical (unpaired) electrons. The topological polar surface area (TPSA) is 161 Å². The average Bonchev–Trinajstić information content (AvgIpc) is 3.67. The summed E-state index contributed by atoms with van der Waals surface area (Å²) >= 11 is 0. The molecule has 12 nitrogen and oxygen atoms in total. The Morgan fingerprint density at radius 1 is 1.16 bits per heavy atom. The van der Waals surface area contributed by atoms with E-state index in [2.05, 4.69) is 30.8 Å². The summed E-state index contributed by atoms with van der Waals surface area (Å²) in [5.41, 5.74) is 1.92. The molecule has 4 aromatic heterocycles. The number of aromatic nitrogens is 6. The van der Waals surface area contributed by atoms with E-state index < -0.39 is 6.10 Å². The number of nitrogens with one attached hydrogen (secondary N) is 1. The highest BCUT2D eigenvalue weighted by molar-refractivity contribution is 5.97. The number of fused-ring (bicyclic) bond motifs is 3. The van der Waals surface area contributed by atoms with Crippen molar-refractivity contribution >= 4 is 22.3 Å². The van der Waals surface area contributed by atoms with Crippen LogP contribution in [0.3, 0.4) is 0 Å². The fourth-order valence-corrected chi connectivity index (χ4v) is 4.46. The molecule has 3 N–H and O–H groups in total. The van der Waals surface area contributed by atoms with Crippen LogP contribution in [0, 0.1) is 0 Å². The van der Waals surface area contributed by atoms with Crippen LogP contribution in [0.15, 0.2) is 53.2 Å². The third-order valence-corrected chi connectivity index (χ3v) is 6.41. The predicted molar refractivity (Wildman–Crippen MR) is 129 cm³/mol. The maximum absolute atomic E-state index is 12.5. The van der Waals surface area contributed by atoms with Crippen molar-refractivity contribution in [3.05, 3.63) is 65.7 Å². The van der Waals surface area contributed by atoms with Crippen LogP contribution in [-0.2, 0) is 13.2 Å². The fourth-order valence-electron chi connectivity index (χ4n) is 4.46. The van der Waals surface area contributed by atoms with Gasteiger partial charge in [-0.05, 0) is 37.5 Å². The summed E-state index contributed by atoms with van der Waals surface area (Å²) in [5.74, 6) is 0.719. The predicted octanol–water partition coefficient (Wildman–Crippen LogP) is 2.04. The van der Waals surface area contributed by atoms with Gasteiger partial charge in [-0.1, -0.05) is 23.4 Å². The van der Waals surface area contributed by atoms with Gasteiger partial charge in [-0.3, -0.25) is 9.78 Å². The lowest BCUT2D eigenvalue weighted by Crippen LogP contribution is -2.39.